The van der Waals surface area contributed by atoms with Gasteiger partial charge in [-0.3, -0.25) is 14.4 Å². The number of aromatic nitrogens is 2. The summed E-state index contributed by atoms with van der Waals surface area (Å²) < 4.78 is 13.2. The topological polar surface area (TPSA) is 118 Å². The van der Waals surface area contributed by atoms with E-state index in [1.807, 2.05) is 6.92 Å². The second-order valence-electron chi connectivity index (χ2n) is 5.62. The lowest BCUT2D eigenvalue weighted by molar-refractivity contribution is -0.123. The van der Waals surface area contributed by atoms with Crippen molar-refractivity contribution in [3.63, 3.8) is 0 Å². The van der Waals surface area contributed by atoms with E-state index in [2.05, 4.69) is 15.3 Å². The molecule has 2 heterocycles. The van der Waals surface area contributed by atoms with Gasteiger partial charge in [0.1, 0.15) is 10.6 Å². The van der Waals surface area contributed by atoms with Crippen LogP contribution < -0.4 is 16.6 Å². The van der Waals surface area contributed by atoms with E-state index in [0.29, 0.717) is 15.4 Å². The predicted octanol–water partition coefficient (Wildman–Crippen LogP) is 1.79. The number of aromatic amines is 1. The van der Waals surface area contributed by atoms with Crippen LogP contribution in [-0.4, -0.2) is 34.1 Å². The van der Waals surface area contributed by atoms with Crippen LogP contribution >= 0.6 is 23.1 Å². The number of carbonyl (C=O) groups excluding carboxylic acids is 2. The third-order valence-electron chi connectivity index (χ3n) is 3.65. The van der Waals surface area contributed by atoms with Gasteiger partial charge in [-0.1, -0.05) is 23.9 Å². The first-order valence-electron chi connectivity index (χ1n) is 7.82. The highest BCUT2D eigenvalue weighted by atomic mass is 32.2. The Bertz CT molecular complexity index is 1080. The second kappa shape index (κ2) is 7.89. The predicted molar refractivity (Wildman–Crippen MR) is 103 cm³/mol. The zero-order chi connectivity index (χ0) is 19.6. The average Bonchev–Trinajstić information content (AvgIpc) is 2.95. The molecule has 140 valence electrons. The Morgan fingerprint density at radius 2 is 2.04 bits per heavy atom. The van der Waals surface area contributed by atoms with Gasteiger partial charge in [-0.15, -0.1) is 11.3 Å². The van der Waals surface area contributed by atoms with E-state index in [9.17, 15) is 18.8 Å². The second-order valence-corrected chi connectivity index (χ2v) is 7.79. The molecule has 0 radical (unpaired) electrons. The number of hydrogen-bond acceptors (Lipinski definition) is 6. The zero-order valence-corrected chi connectivity index (χ0v) is 15.8. The summed E-state index contributed by atoms with van der Waals surface area (Å²) in [6.45, 7) is 1.63. The molecule has 0 atom stereocenters. The number of nitrogens with zero attached hydrogens (tertiary/aromatic N) is 1. The molecular weight excluding hydrogens is 391 g/mol. The summed E-state index contributed by atoms with van der Waals surface area (Å²) in [5.74, 6) is -1.40. The van der Waals surface area contributed by atoms with Gasteiger partial charge >= 0.3 is 0 Å². The van der Waals surface area contributed by atoms with Crippen LogP contribution in [0.25, 0.3) is 21.3 Å². The van der Waals surface area contributed by atoms with Gasteiger partial charge < -0.3 is 16.0 Å². The Balaban J connectivity index is 1.88. The zero-order valence-electron chi connectivity index (χ0n) is 14.2. The third-order valence-corrected chi connectivity index (χ3v) is 5.52. The highest BCUT2D eigenvalue weighted by molar-refractivity contribution is 7.99. The number of aryl methyl sites for hydroxylation is 1. The number of thiophene rings is 1. The quantitative estimate of drug-likeness (QED) is 0.426. The molecule has 4 N–H and O–H groups in total. The van der Waals surface area contributed by atoms with E-state index < -0.39 is 11.8 Å². The molecule has 0 saturated carbocycles. The standard InChI is InChI=1S/C17H15FN4O3S2/c1-8-13(9-2-4-10(18)5-3-9)14-15(25)21-17(22-16(14)27-8)26-7-12(24)20-6-11(19)23/h2-5H,6-7H2,1H3,(H2,19,23)(H,20,24)(H,21,22,25). The van der Waals surface area contributed by atoms with Crippen molar-refractivity contribution in [3.05, 3.63) is 45.3 Å². The molecule has 0 aliphatic heterocycles. The first kappa shape index (κ1) is 19.1. The van der Waals surface area contributed by atoms with Crippen molar-refractivity contribution < 1.29 is 14.0 Å². The summed E-state index contributed by atoms with van der Waals surface area (Å²) in [4.78, 5) is 43.4. The van der Waals surface area contributed by atoms with Gasteiger partial charge in [-0.2, -0.15) is 0 Å². The molecule has 3 aromatic rings. The van der Waals surface area contributed by atoms with E-state index in [1.54, 1.807) is 12.1 Å². The van der Waals surface area contributed by atoms with E-state index in [4.69, 9.17) is 5.73 Å². The summed E-state index contributed by atoms with van der Waals surface area (Å²) in [7, 11) is 0. The largest absolute Gasteiger partial charge is 0.368 e. The van der Waals surface area contributed by atoms with Crippen molar-refractivity contribution in [3.8, 4) is 11.1 Å². The lowest BCUT2D eigenvalue weighted by Gasteiger charge is -2.04. The number of hydrogen-bond donors (Lipinski definition) is 3. The van der Waals surface area contributed by atoms with Gasteiger partial charge in [-0.05, 0) is 24.6 Å². The van der Waals surface area contributed by atoms with Crippen LogP contribution in [0.15, 0.2) is 34.2 Å². The molecular formula is C17H15FN4O3S2. The monoisotopic (exact) mass is 406 g/mol. The van der Waals surface area contributed by atoms with Crippen molar-refractivity contribution in [2.75, 3.05) is 12.3 Å². The number of halogens is 1. The van der Waals surface area contributed by atoms with Gasteiger partial charge in [-0.25, -0.2) is 9.37 Å². The van der Waals surface area contributed by atoms with Crippen molar-refractivity contribution >= 4 is 45.1 Å². The Morgan fingerprint density at radius 1 is 1.33 bits per heavy atom. The maximum Gasteiger partial charge on any atom is 0.260 e. The number of carbonyl (C=O) groups is 2. The number of nitrogens with one attached hydrogen (secondary N) is 2. The van der Waals surface area contributed by atoms with Crippen molar-refractivity contribution in [2.24, 2.45) is 5.73 Å². The number of benzene rings is 1. The molecule has 2 amide bonds. The Labute approximate surface area is 161 Å². The van der Waals surface area contributed by atoms with Crippen LogP contribution in [0.3, 0.4) is 0 Å². The van der Waals surface area contributed by atoms with Crippen LogP contribution in [0.1, 0.15) is 4.88 Å². The van der Waals surface area contributed by atoms with Crippen LogP contribution in [0.2, 0.25) is 0 Å². The first-order valence-corrected chi connectivity index (χ1v) is 9.62. The molecule has 0 unspecified atom stereocenters. The molecule has 0 aliphatic rings. The molecule has 0 fully saturated rings. The molecule has 3 rings (SSSR count). The van der Waals surface area contributed by atoms with Gasteiger partial charge in [0.15, 0.2) is 5.16 Å². The minimum atomic E-state index is -0.635. The molecule has 2 aromatic heterocycles. The van der Waals surface area contributed by atoms with Crippen molar-refractivity contribution in [2.45, 2.75) is 12.1 Å². The molecule has 10 heteroatoms. The normalized spacial score (nSPS) is 10.9. The number of primary amides is 1. The number of rotatable bonds is 6. The molecule has 7 nitrogen and oxygen atoms in total. The van der Waals surface area contributed by atoms with E-state index in [-0.39, 0.29) is 23.7 Å². The van der Waals surface area contributed by atoms with Crippen LogP contribution in [0.4, 0.5) is 4.39 Å². The summed E-state index contributed by atoms with van der Waals surface area (Å²) in [5.41, 5.74) is 6.09. The molecule has 27 heavy (non-hydrogen) atoms. The highest BCUT2D eigenvalue weighted by Gasteiger charge is 2.17. The lowest BCUT2D eigenvalue weighted by Crippen LogP contribution is -2.34. The fourth-order valence-corrected chi connectivity index (χ4v) is 4.30. The fraction of sp³-hybridized carbons (Fsp3) is 0.176. The van der Waals surface area contributed by atoms with Gasteiger partial charge in [0.2, 0.25) is 11.8 Å². The number of fused-ring (bicyclic) bond motifs is 1. The Morgan fingerprint density at radius 3 is 2.70 bits per heavy atom. The Kier molecular flexibility index (Phi) is 5.57. The smallest absolute Gasteiger partial charge is 0.260 e. The van der Waals surface area contributed by atoms with Crippen molar-refractivity contribution in [1.82, 2.24) is 15.3 Å². The summed E-state index contributed by atoms with van der Waals surface area (Å²) in [6.07, 6.45) is 0. The number of amides is 2. The minimum absolute atomic E-state index is 0.0170. The maximum atomic E-state index is 13.2. The number of H-pyrrole nitrogens is 1. The SMILES string of the molecule is Cc1sc2nc(SCC(=O)NCC(N)=O)[nH]c(=O)c2c1-c1ccc(F)cc1. The van der Waals surface area contributed by atoms with Crippen molar-refractivity contribution in [1.29, 1.82) is 0 Å². The van der Waals surface area contributed by atoms with Crippen LogP contribution in [0.5, 0.6) is 0 Å². The number of nitrogens with two attached hydrogens (primary N) is 1. The average molecular weight is 406 g/mol. The lowest BCUT2D eigenvalue weighted by atomic mass is 10.0. The maximum absolute atomic E-state index is 13.2. The van der Waals surface area contributed by atoms with E-state index in [1.165, 1.54) is 23.5 Å². The Hall–Kier alpha value is -2.72. The van der Waals surface area contributed by atoms with Crippen LogP contribution in [-0.2, 0) is 9.59 Å². The molecule has 0 aliphatic carbocycles. The first-order chi connectivity index (χ1) is 12.8. The van der Waals surface area contributed by atoms with Gasteiger partial charge in [0.25, 0.3) is 5.56 Å². The fourth-order valence-electron chi connectivity index (χ4n) is 2.50. The van der Waals surface area contributed by atoms with Gasteiger partial charge in [0, 0.05) is 10.4 Å². The van der Waals surface area contributed by atoms with Crippen LogP contribution in [0, 0.1) is 12.7 Å². The minimum Gasteiger partial charge on any atom is -0.368 e. The molecule has 0 bridgehead atoms. The molecule has 1 aromatic carbocycles. The summed E-state index contributed by atoms with van der Waals surface area (Å²) >= 11 is 2.40. The highest BCUT2D eigenvalue weighted by Crippen LogP contribution is 2.36. The van der Waals surface area contributed by atoms with E-state index >= 15 is 0 Å². The summed E-state index contributed by atoms with van der Waals surface area (Å²) in [5, 5.41) is 3.10. The molecule has 0 saturated heterocycles. The molecule has 0 spiro atoms. The van der Waals surface area contributed by atoms with Gasteiger partial charge in [0.05, 0.1) is 17.7 Å². The number of thioether (sulfide) groups is 1. The third kappa shape index (κ3) is 4.34. The summed E-state index contributed by atoms with van der Waals surface area (Å²) in [6, 6.07) is 5.92. The van der Waals surface area contributed by atoms with E-state index in [0.717, 1.165) is 27.8 Å².